The topological polar surface area (TPSA) is 26.0 Å². The van der Waals surface area contributed by atoms with Crippen molar-refractivity contribution < 1.29 is 4.39 Å². The molecule has 0 radical (unpaired) electrons. The van der Waals surface area contributed by atoms with Crippen molar-refractivity contribution >= 4 is 0 Å². The monoisotopic (exact) mass is 283 g/mol. The van der Waals surface area contributed by atoms with E-state index in [-0.39, 0.29) is 5.82 Å². The van der Waals surface area contributed by atoms with E-state index >= 15 is 0 Å². The SMILES string of the molecule is CC(N)(CC1CCCc2ccccc21)c1ccc(F)cc1. The van der Waals surface area contributed by atoms with Gasteiger partial charge in [0, 0.05) is 5.54 Å². The van der Waals surface area contributed by atoms with Gasteiger partial charge in [-0.1, -0.05) is 36.4 Å². The highest BCUT2D eigenvalue weighted by atomic mass is 19.1. The molecule has 2 N–H and O–H groups in total. The number of rotatable bonds is 3. The molecule has 21 heavy (non-hydrogen) atoms. The summed E-state index contributed by atoms with van der Waals surface area (Å²) in [5.41, 5.74) is 10.0. The molecule has 1 aliphatic carbocycles. The molecule has 0 bridgehead atoms. The summed E-state index contributed by atoms with van der Waals surface area (Å²) >= 11 is 0. The van der Waals surface area contributed by atoms with E-state index in [4.69, 9.17) is 5.73 Å². The Labute approximate surface area is 126 Å². The number of halogens is 1. The fourth-order valence-corrected chi connectivity index (χ4v) is 3.53. The Morgan fingerprint density at radius 2 is 1.86 bits per heavy atom. The van der Waals surface area contributed by atoms with Gasteiger partial charge < -0.3 is 5.73 Å². The molecule has 2 atom stereocenters. The van der Waals surface area contributed by atoms with Gasteiger partial charge in [-0.3, -0.25) is 0 Å². The number of fused-ring (bicyclic) bond motifs is 1. The Bertz CT molecular complexity index is 616. The van der Waals surface area contributed by atoms with E-state index < -0.39 is 5.54 Å². The van der Waals surface area contributed by atoms with Gasteiger partial charge in [-0.25, -0.2) is 4.39 Å². The van der Waals surface area contributed by atoms with Crippen LogP contribution < -0.4 is 5.73 Å². The number of hydrogen-bond acceptors (Lipinski definition) is 1. The van der Waals surface area contributed by atoms with Crippen molar-refractivity contribution in [1.82, 2.24) is 0 Å². The summed E-state index contributed by atoms with van der Waals surface area (Å²) in [6.07, 6.45) is 4.48. The number of aryl methyl sites for hydroxylation is 1. The van der Waals surface area contributed by atoms with Crippen LogP contribution in [-0.2, 0) is 12.0 Å². The van der Waals surface area contributed by atoms with Gasteiger partial charge in [0.1, 0.15) is 5.82 Å². The Morgan fingerprint density at radius 1 is 1.14 bits per heavy atom. The number of nitrogens with two attached hydrogens (primary N) is 1. The maximum Gasteiger partial charge on any atom is 0.123 e. The van der Waals surface area contributed by atoms with Crippen LogP contribution in [0.3, 0.4) is 0 Å². The van der Waals surface area contributed by atoms with E-state index in [9.17, 15) is 4.39 Å². The van der Waals surface area contributed by atoms with E-state index in [1.807, 2.05) is 12.1 Å². The molecule has 0 aromatic heterocycles. The molecule has 2 aromatic carbocycles. The predicted octanol–water partition coefficient (Wildman–Crippen LogP) is 4.51. The predicted molar refractivity (Wildman–Crippen MR) is 84.7 cm³/mol. The van der Waals surface area contributed by atoms with Crippen molar-refractivity contribution in [2.45, 2.75) is 44.1 Å². The Kier molecular flexibility index (Phi) is 3.81. The first-order valence-corrected chi connectivity index (χ1v) is 7.69. The summed E-state index contributed by atoms with van der Waals surface area (Å²) < 4.78 is 13.1. The van der Waals surface area contributed by atoms with Gasteiger partial charge in [-0.15, -0.1) is 0 Å². The zero-order valence-corrected chi connectivity index (χ0v) is 12.5. The maximum absolute atomic E-state index is 13.1. The summed E-state index contributed by atoms with van der Waals surface area (Å²) in [5, 5.41) is 0. The maximum atomic E-state index is 13.1. The van der Waals surface area contributed by atoms with Gasteiger partial charge in [0.2, 0.25) is 0 Å². The van der Waals surface area contributed by atoms with Crippen LogP contribution in [0.15, 0.2) is 48.5 Å². The van der Waals surface area contributed by atoms with Crippen molar-refractivity contribution in [3.05, 3.63) is 71.0 Å². The van der Waals surface area contributed by atoms with Crippen molar-refractivity contribution in [3.8, 4) is 0 Å². The van der Waals surface area contributed by atoms with Gasteiger partial charge in [0.25, 0.3) is 0 Å². The lowest BCUT2D eigenvalue weighted by Crippen LogP contribution is -2.35. The normalized spacial score (nSPS) is 20.6. The minimum Gasteiger partial charge on any atom is -0.322 e. The molecule has 2 unspecified atom stereocenters. The molecule has 3 rings (SSSR count). The lowest BCUT2D eigenvalue weighted by molar-refractivity contribution is 0.376. The second-order valence-electron chi connectivity index (χ2n) is 6.42. The molecule has 1 aliphatic rings. The summed E-state index contributed by atoms with van der Waals surface area (Å²) in [6, 6.07) is 15.3. The van der Waals surface area contributed by atoms with Crippen LogP contribution in [0.5, 0.6) is 0 Å². The Hall–Kier alpha value is -1.67. The highest BCUT2D eigenvalue weighted by Gasteiger charge is 2.29. The Morgan fingerprint density at radius 3 is 2.62 bits per heavy atom. The summed E-state index contributed by atoms with van der Waals surface area (Å²) in [6.45, 7) is 2.05. The average Bonchev–Trinajstić information content (AvgIpc) is 2.48. The van der Waals surface area contributed by atoms with Crippen LogP contribution in [0.4, 0.5) is 4.39 Å². The fraction of sp³-hybridized carbons (Fsp3) is 0.368. The quantitative estimate of drug-likeness (QED) is 0.881. The van der Waals surface area contributed by atoms with E-state index in [0.29, 0.717) is 5.92 Å². The van der Waals surface area contributed by atoms with Gasteiger partial charge >= 0.3 is 0 Å². The van der Waals surface area contributed by atoms with Crippen LogP contribution >= 0.6 is 0 Å². The first kappa shape index (κ1) is 14.3. The largest absolute Gasteiger partial charge is 0.322 e. The molecule has 0 saturated carbocycles. The van der Waals surface area contributed by atoms with E-state index in [2.05, 4.69) is 31.2 Å². The second kappa shape index (κ2) is 5.61. The summed E-state index contributed by atoms with van der Waals surface area (Å²) in [4.78, 5) is 0. The fourth-order valence-electron chi connectivity index (χ4n) is 3.53. The molecule has 1 nitrogen and oxygen atoms in total. The van der Waals surface area contributed by atoms with Gasteiger partial charge in [-0.2, -0.15) is 0 Å². The van der Waals surface area contributed by atoms with E-state index in [1.165, 1.54) is 42.5 Å². The highest BCUT2D eigenvalue weighted by molar-refractivity contribution is 5.34. The molecular formula is C19H22FN. The van der Waals surface area contributed by atoms with Crippen LogP contribution in [-0.4, -0.2) is 0 Å². The second-order valence-corrected chi connectivity index (χ2v) is 6.42. The van der Waals surface area contributed by atoms with Crippen LogP contribution in [0, 0.1) is 5.82 Å². The molecular weight excluding hydrogens is 261 g/mol. The van der Waals surface area contributed by atoms with Crippen molar-refractivity contribution in [2.24, 2.45) is 5.73 Å². The van der Waals surface area contributed by atoms with Crippen LogP contribution in [0.25, 0.3) is 0 Å². The molecule has 0 amide bonds. The molecule has 0 spiro atoms. The lowest BCUT2D eigenvalue weighted by Gasteiger charge is -2.33. The Balaban J connectivity index is 1.84. The third-order valence-corrected chi connectivity index (χ3v) is 4.67. The molecule has 2 aromatic rings. The minimum absolute atomic E-state index is 0.211. The highest BCUT2D eigenvalue weighted by Crippen LogP contribution is 2.39. The van der Waals surface area contributed by atoms with Gasteiger partial charge in [-0.05, 0) is 67.3 Å². The van der Waals surface area contributed by atoms with E-state index in [1.54, 1.807) is 0 Å². The average molecular weight is 283 g/mol. The first-order chi connectivity index (χ1) is 10.1. The summed E-state index contributed by atoms with van der Waals surface area (Å²) in [5.74, 6) is 0.285. The van der Waals surface area contributed by atoms with Crippen molar-refractivity contribution in [1.29, 1.82) is 0 Å². The van der Waals surface area contributed by atoms with Crippen LogP contribution in [0.2, 0.25) is 0 Å². The van der Waals surface area contributed by atoms with E-state index in [0.717, 1.165) is 12.0 Å². The molecule has 110 valence electrons. The van der Waals surface area contributed by atoms with Crippen molar-refractivity contribution in [3.63, 3.8) is 0 Å². The summed E-state index contributed by atoms with van der Waals surface area (Å²) in [7, 11) is 0. The smallest absolute Gasteiger partial charge is 0.123 e. The third-order valence-electron chi connectivity index (χ3n) is 4.67. The molecule has 0 saturated heterocycles. The number of hydrogen-bond donors (Lipinski definition) is 1. The minimum atomic E-state index is -0.428. The standard InChI is InChI=1S/C19H22FN/c1-19(21,16-9-11-17(20)12-10-16)13-15-7-4-6-14-5-2-3-8-18(14)15/h2-3,5,8-12,15H,4,6-7,13,21H2,1H3. The molecule has 0 heterocycles. The molecule has 2 heteroatoms. The van der Waals surface area contributed by atoms with Gasteiger partial charge in [0.05, 0.1) is 0 Å². The zero-order valence-electron chi connectivity index (χ0n) is 12.5. The molecule has 0 aliphatic heterocycles. The third kappa shape index (κ3) is 3.01. The van der Waals surface area contributed by atoms with Gasteiger partial charge in [0.15, 0.2) is 0 Å². The number of benzene rings is 2. The van der Waals surface area contributed by atoms with Crippen molar-refractivity contribution in [2.75, 3.05) is 0 Å². The lowest BCUT2D eigenvalue weighted by atomic mass is 9.74. The van der Waals surface area contributed by atoms with Crippen LogP contribution in [0.1, 0.15) is 48.8 Å². The zero-order chi connectivity index (χ0) is 14.9. The molecule has 0 fully saturated rings. The first-order valence-electron chi connectivity index (χ1n) is 7.69.